The predicted molar refractivity (Wildman–Crippen MR) is 96.7 cm³/mol. The lowest BCUT2D eigenvalue weighted by molar-refractivity contribution is -0.216. The molecule has 0 radical (unpaired) electrons. The van der Waals surface area contributed by atoms with Gasteiger partial charge in [0.2, 0.25) is 0 Å². The molecule has 0 saturated carbocycles. The van der Waals surface area contributed by atoms with Gasteiger partial charge in [0.15, 0.2) is 12.1 Å². The maximum Gasteiger partial charge on any atom is 0.299 e. The number of fused-ring (bicyclic) bond motifs is 2. The fourth-order valence-electron chi connectivity index (χ4n) is 3.96. The van der Waals surface area contributed by atoms with Gasteiger partial charge < -0.3 is 19.3 Å². The Hall–Kier alpha value is -2.66. The SMILES string of the molecule is CC1(C)O[C@H]2O[C@H](Cn3cc(CN4C(=O)C(=O)c5ccccc54)nn3)[C@H](O)[C@H]2O1. The fraction of sp³-hybridized carbons (Fsp3) is 0.474. The van der Waals surface area contributed by atoms with Crippen molar-refractivity contribution in [2.24, 2.45) is 0 Å². The lowest BCUT2D eigenvalue weighted by atomic mass is 10.1. The quantitative estimate of drug-likeness (QED) is 0.726. The maximum atomic E-state index is 12.3. The molecule has 1 N–H and O–H groups in total. The molecule has 4 heterocycles. The molecule has 5 rings (SSSR count). The maximum absolute atomic E-state index is 12.3. The molecular formula is C19H20N4O6. The van der Waals surface area contributed by atoms with Gasteiger partial charge in [-0.15, -0.1) is 5.10 Å². The Morgan fingerprint density at radius 3 is 2.79 bits per heavy atom. The van der Waals surface area contributed by atoms with Crippen LogP contribution in [0.1, 0.15) is 29.9 Å². The Morgan fingerprint density at radius 1 is 1.21 bits per heavy atom. The number of aliphatic hydroxyl groups excluding tert-OH is 1. The zero-order chi connectivity index (χ0) is 20.3. The van der Waals surface area contributed by atoms with E-state index in [4.69, 9.17) is 14.2 Å². The Labute approximate surface area is 165 Å². The summed E-state index contributed by atoms with van der Waals surface area (Å²) in [6.45, 7) is 3.91. The van der Waals surface area contributed by atoms with Crippen LogP contribution in [0.2, 0.25) is 0 Å². The van der Waals surface area contributed by atoms with Crippen molar-refractivity contribution in [3.8, 4) is 0 Å². The molecule has 1 aromatic heterocycles. The van der Waals surface area contributed by atoms with E-state index in [2.05, 4.69) is 10.3 Å². The molecule has 2 fully saturated rings. The summed E-state index contributed by atoms with van der Waals surface area (Å²) in [6, 6.07) is 6.86. The average Bonchev–Trinajstić information content (AvgIpc) is 3.38. The zero-order valence-corrected chi connectivity index (χ0v) is 15.9. The van der Waals surface area contributed by atoms with Gasteiger partial charge in [0.05, 0.1) is 30.5 Å². The molecule has 3 aliphatic rings. The third-order valence-electron chi connectivity index (χ3n) is 5.27. The van der Waals surface area contributed by atoms with Crippen LogP contribution in [-0.2, 0) is 32.1 Å². The van der Waals surface area contributed by atoms with E-state index in [0.717, 1.165) is 0 Å². The average molecular weight is 400 g/mol. The number of hydrogen-bond donors (Lipinski definition) is 1. The molecule has 2 aromatic rings. The van der Waals surface area contributed by atoms with Crippen molar-refractivity contribution in [2.75, 3.05) is 4.90 Å². The largest absolute Gasteiger partial charge is 0.387 e. The molecule has 29 heavy (non-hydrogen) atoms. The minimum atomic E-state index is -0.862. The van der Waals surface area contributed by atoms with Crippen LogP contribution >= 0.6 is 0 Å². The van der Waals surface area contributed by atoms with Gasteiger partial charge in [0, 0.05) is 0 Å². The van der Waals surface area contributed by atoms with E-state index in [0.29, 0.717) is 16.9 Å². The summed E-state index contributed by atoms with van der Waals surface area (Å²) in [5, 5.41) is 18.6. The van der Waals surface area contributed by atoms with Crippen molar-refractivity contribution >= 4 is 17.4 Å². The summed E-state index contributed by atoms with van der Waals surface area (Å²) in [7, 11) is 0. The lowest BCUT2D eigenvalue weighted by Crippen LogP contribution is -2.36. The number of aromatic nitrogens is 3. The second kappa shape index (κ2) is 6.42. The normalized spacial score (nSPS) is 30.1. The summed E-state index contributed by atoms with van der Waals surface area (Å²) in [4.78, 5) is 25.8. The first-order valence-electron chi connectivity index (χ1n) is 9.36. The number of carbonyl (C=O) groups excluding carboxylic acids is 2. The van der Waals surface area contributed by atoms with Crippen molar-refractivity contribution in [1.29, 1.82) is 0 Å². The van der Waals surface area contributed by atoms with Crippen LogP contribution in [0.25, 0.3) is 0 Å². The van der Waals surface area contributed by atoms with Crippen LogP contribution in [0, 0.1) is 0 Å². The van der Waals surface area contributed by atoms with Crippen LogP contribution < -0.4 is 4.90 Å². The molecule has 3 aliphatic heterocycles. The third-order valence-corrected chi connectivity index (χ3v) is 5.27. The number of aliphatic hydroxyl groups is 1. The standard InChI is InChI=1S/C19H20N4O6/c1-19(2)28-16-15(25)13(27-18(16)29-19)9-22-7-10(20-21-22)8-23-12-6-4-3-5-11(12)14(24)17(23)26/h3-7,13,15-16,18,25H,8-9H2,1-2H3/t13-,15+,16-,18-/m1/s1. The second-order valence-electron chi connectivity index (χ2n) is 7.80. The lowest BCUT2D eigenvalue weighted by Gasteiger charge is -2.22. The molecule has 152 valence electrons. The molecule has 0 spiro atoms. The van der Waals surface area contributed by atoms with Crippen molar-refractivity contribution in [3.63, 3.8) is 0 Å². The highest BCUT2D eigenvalue weighted by atomic mass is 16.8. The van der Waals surface area contributed by atoms with E-state index in [1.165, 1.54) is 9.58 Å². The highest BCUT2D eigenvalue weighted by Crippen LogP contribution is 2.37. The number of anilines is 1. The van der Waals surface area contributed by atoms with Crippen LogP contribution in [0.5, 0.6) is 0 Å². The molecule has 1 aromatic carbocycles. The van der Waals surface area contributed by atoms with Crippen molar-refractivity contribution in [3.05, 3.63) is 41.7 Å². The first-order chi connectivity index (χ1) is 13.8. The topological polar surface area (TPSA) is 116 Å². The highest BCUT2D eigenvalue weighted by molar-refractivity contribution is 6.52. The number of Topliss-reactive ketones (excluding diaryl/α,β-unsaturated/α-hetero) is 1. The second-order valence-corrected chi connectivity index (χ2v) is 7.80. The van der Waals surface area contributed by atoms with Gasteiger partial charge >= 0.3 is 0 Å². The molecule has 0 bridgehead atoms. The van der Waals surface area contributed by atoms with Crippen LogP contribution in [-0.4, -0.2) is 62.2 Å². The zero-order valence-electron chi connectivity index (χ0n) is 15.9. The van der Waals surface area contributed by atoms with E-state index in [1.807, 2.05) is 0 Å². The minimum Gasteiger partial charge on any atom is -0.387 e. The van der Waals surface area contributed by atoms with E-state index in [-0.39, 0.29) is 13.1 Å². The predicted octanol–water partition coefficient (Wildman–Crippen LogP) is 0.245. The van der Waals surface area contributed by atoms with Gasteiger partial charge in [-0.1, -0.05) is 17.3 Å². The first-order valence-corrected chi connectivity index (χ1v) is 9.36. The molecule has 10 nitrogen and oxygen atoms in total. The van der Waals surface area contributed by atoms with Gasteiger partial charge in [-0.3, -0.25) is 14.5 Å². The minimum absolute atomic E-state index is 0.126. The molecule has 1 amide bonds. The van der Waals surface area contributed by atoms with Crippen molar-refractivity contribution in [2.45, 2.75) is 57.3 Å². The van der Waals surface area contributed by atoms with Crippen molar-refractivity contribution in [1.82, 2.24) is 15.0 Å². The number of para-hydroxylation sites is 1. The van der Waals surface area contributed by atoms with Gasteiger partial charge in [-0.2, -0.15) is 0 Å². The van der Waals surface area contributed by atoms with Crippen LogP contribution in [0.4, 0.5) is 5.69 Å². The number of hydrogen-bond acceptors (Lipinski definition) is 8. The Kier molecular flexibility index (Phi) is 4.07. The van der Waals surface area contributed by atoms with Crippen LogP contribution in [0.3, 0.4) is 0 Å². The van der Waals surface area contributed by atoms with Gasteiger partial charge in [-0.25, -0.2) is 4.68 Å². The molecule has 0 aliphatic carbocycles. The summed E-state index contributed by atoms with van der Waals surface area (Å²) in [5.41, 5.74) is 1.47. The summed E-state index contributed by atoms with van der Waals surface area (Å²) in [5.74, 6) is -1.90. The highest BCUT2D eigenvalue weighted by Gasteiger charge is 2.54. The number of ketones is 1. The molecule has 2 saturated heterocycles. The van der Waals surface area contributed by atoms with Crippen LogP contribution in [0.15, 0.2) is 30.5 Å². The smallest absolute Gasteiger partial charge is 0.299 e. The van der Waals surface area contributed by atoms with E-state index >= 15 is 0 Å². The summed E-state index contributed by atoms with van der Waals surface area (Å²) >= 11 is 0. The van der Waals surface area contributed by atoms with Gasteiger partial charge in [0.25, 0.3) is 11.7 Å². The van der Waals surface area contributed by atoms with E-state index < -0.39 is 42.1 Å². The van der Waals surface area contributed by atoms with E-state index in [1.54, 1.807) is 44.3 Å². The Bertz CT molecular complexity index is 989. The number of nitrogens with zero attached hydrogens (tertiary/aromatic N) is 4. The van der Waals surface area contributed by atoms with E-state index in [9.17, 15) is 14.7 Å². The van der Waals surface area contributed by atoms with Crippen molar-refractivity contribution < 1.29 is 28.9 Å². The molecule has 4 atom stereocenters. The summed E-state index contributed by atoms with van der Waals surface area (Å²) in [6.07, 6.45) is -0.944. The fourth-order valence-corrected chi connectivity index (χ4v) is 3.96. The number of amides is 1. The number of rotatable bonds is 4. The first kappa shape index (κ1) is 18.4. The summed E-state index contributed by atoms with van der Waals surface area (Å²) < 4.78 is 18.6. The number of carbonyl (C=O) groups is 2. The third kappa shape index (κ3) is 3.04. The Balaban J connectivity index is 1.27. The molecule has 10 heteroatoms. The number of ether oxygens (including phenoxy) is 3. The molecular weight excluding hydrogens is 380 g/mol. The van der Waals surface area contributed by atoms with Gasteiger partial charge in [-0.05, 0) is 26.0 Å². The van der Waals surface area contributed by atoms with Gasteiger partial charge in [0.1, 0.15) is 24.0 Å². The monoisotopic (exact) mass is 400 g/mol. The number of benzene rings is 1. The Morgan fingerprint density at radius 2 is 2.00 bits per heavy atom. The molecule has 0 unspecified atom stereocenters.